The zero-order valence-electron chi connectivity index (χ0n) is 35.4. The van der Waals surface area contributed by atoms with Crippen LogP contribution >= 0.6 is 0 Å². The van der Waals surface area contributed by atoms with Crippen LogP contribution in [-0.2, 0) is 32.9 Å². The first-order chi connectivity index (χ1) is 28.6. The molecule has 0 amide bonds. The minimum Gasteiger partial charge on any atom is -0.486 e. The molecular formula is C53H51GeIrN3O2-2. The molecule has 7 heteroatoms. The van der Waals surface area contributed by atoms with Gasteiger partial charge in [-0.15, -0.1) is 18.2 Å². The number of hydrogen-bond donors (Lipinski definition) is 0. The molecule has 0 aliphatic heterocycles. The van der Waals surface area contributed by atoms with Crippen molar-refractivity contribution in [1.29, 1.82) is 0 Å². The van der Waals surface area contributed by atoms with Gasteiger partial charge in [-0.2, -0.15) is 0 Å². The summed E-state index contributed by atoms with van der Waals surface area (Å²) in [4.78, 5) is 14.5. The molecule has 0 bridgehead atoms. The first-order valence-corrected chi connectivity index (χ1v) is 28.5. The van der Waals surface area contributed by atoms with Crippen LogP contribution in [0, 0.1) is 30.9 Å². The molecule has 1 aliphatic carbocycles. The minimum atomic E-state index is -1.98. The molecule has 5 nitrogen and oxygen atoms in total. The summed E-state index contributed by atoms with van der Waals surface area (Å²) in [6.45, 7) is 6.76. The first kappa shape index (κ1) is 41.8. The van der Waals surface area contributed by atoms with E-state index < -0.39 is 13.3 Å². The second-order valence-electron chi connectivity index (χ2n) is 17.7. The summed E-state index contributed by atoms with van der Waals surface area (Å²) in [6.07, 6.45) is 11.9. The summed E-state index contributed by atoms with van der Waals surface area (Å²) < 4.78 is 14.0. The molecule has 0 saturated heterocycles. The van der Waals surface area contributed by atoms with E-state index in [-0.39, 0.29) is 20.1 Å². The molecule has 305 valence electrons. The topological polar surface area (TPSA) is 65.0 Å². The van der Waals surface area contributed by atoms with Crippen molar-refractivity contribution in [2.45, 2.75) is 76.6 Å². The fourth-order valence-corrected chi connectivity index (χ4v) is 12.2. The average molecular weight is 1030 g/mol. The molecule has 5 aromatic heterocycles. The number of hydrogen-bond acceptors (Lipinski definition) is 5. The Kier molecular flexibility index (Phi) is 12.3. The van der Waals surface area contributed by atoms with Gasteiger partial charge in [0.25, 0.3) is 0 Å². The molecular weight excluding hydrogens is 975 g/mol. The van der Waals surface area contributed by atoms with Gasteiger partial charge in [-0.05, 0) is 42.7 Å². The maximum atomic E-state index is 6.30. The molecule has 1 aliphatic rings. The van der Waals surface area contributed by atoms with Gasteiger partial charge >= 0.3 is 164 Å². The van der Waals surface area contributed by atoms with Gasteiger partial charge in [0, 0.05) is 37.3 Å². The molecule has 5 heterocycles. The van der Waals surface area contributed by atoms with Crippen LogP contribution in [0.3, 0.4) is 0 Å². The number of furan rings is 2. The van der Waals surface area contributed by atoms with Crippen LogP contribution in [0.15, 0.2) is 124 Å². The van der Waals surface area contributed by atoms with Crippen LogP contribution in [0.2, 0.25) is 17.3 Å². The molecule has 0 unspecified atom stereocenters. The van der Waals surface area contributed by atoms with Crippen LogP contribution in [0.25, 0.3) is 77.8 Å². The van der Waals surface area contributed by atoms with Crippen molar-refractivity contribution in [1.82, 2.24) is 15.0 Å². The summed E-state index contributed by atoms with van der Waals surface area (Å²) in [5, 5.41) is 4.34. The van der Waals surface area contributed by atoms with Crippen molar-refractivity contribution in [3.8, 4) is 33.8 Å². The smallest absolute Gasteiger partial charge is 0.216 e. The largest absolute Gasteiger partial charge is 0.486 e. The fourth-order valence-electron chi connectivity index (χ4n) is 8.84. The van der Waals surface area contributed by atoms with Crippen molar-refractivity contribution >= 4 is 61.7 Å². The molecule has 4 aromatic carbocycles. The Bertz CT molecular complexity index is 2940. The molecule has 1 radical (unpaired) electrons. The monoisotopic (exact) mass is 1030 g/mol. The Balaban J connectivity index is 0.000000166. The number of benzene rings is 4. The van der Waals surface area contributed by atoms with Gasteiger partial charge in [0.15, 0.2) is 0 Å². The Morgan fingerprint density at radius 3 is 2.03 bits per heavy atom. The molecule has 10 rings (SSSR count). The summed E-state index contributed by atoms with van der Waals surface area (Å²) in [7, 11) is 0. The second-order valence-corrected chi connectivity index (χ2v) is 28.3. The molecule has 1 saturated carbocycles. The van der Waals surface area contributed by atoms with Crippen molar-refractivity contribution in [3.63, 3.8) is 0 Å². The molecule has 0 atom stereocenters. The summed E-state index contributed by atoms with van der Waals surface area (Å²) >= 11 is -1.98. The Labute approximate surface area is 369 Å². The number of rotatable bonds is 8. The fraction of sp³-hybridized carbons (Fsp3) is 0.264. The normalized spacial score (nSPS) is 13.3. The summed E-state index contributed by atoms with van der Waals surface area (Å²) in [6, 6.07) is 41.9. The van der Waals surface area contributed by atoms with Crippen LogP contribution in [0.5, 0.6) is 0 Å². The third-order valence-corrected chi connectivity index (χ3v) is 16.2. The zero-order valence-corrected chi connectivity index (χ0v) is 39.9. The summed E-state index contributed by atoms with van der Waals surface area (Å²) in [5.74, 6) is 8.75. The van der Waals surface area contributed by atoms with Gasteiger partial charge in [-0.25, -0.2) is 4.98 Å². The van der Waals surface area contributed by atoms with Crippen LogP contribution < -0.4 is 4.40 Å². The quantitative estimate of drug-likeness (QED) is 0.112. The van der Waals surface area contributed by atoms with Crippen molar-refractivity contribution in [3.05, 3.63) is 144 Å². The maximum absolute atomic E-state index is 6.30. The zero-order chi connectivity index (χ0) is 40.7. The SMILES string of the molecule is CC(C)Cc1cc(-c2[c-]ccc3c2oc2ccccc23)nc[c]1[Ge]([CH3])([CH3])[CH3].Cc1cc(-c2[c-]ccc3c2oc2nc(-c4ccccc4)ccc23)ncc1CC1CCCC1.[Ir]. The van der Waals surface area contributed by atoms with Crippen LogP contribution in [0.1, 0.15) is 56.2 Å². The van der Waals surface area contributed by atoms with Crippen molar-refractivity contribution < 1.29 is 28.9 Å². The Morgan fingerprint density at radius 2 is 1.33 bits per heavy atom. The van der Waals surface area contributed by atoms with Crippen molar-refractivity contribution in [2.75, 3.05) is 0 Å². The number of fused-ring (bicyclic) bond motifs is 6. The van der Waals surface area contributed by atoms with Crippen LogP contribution in [0.4, 0.5) is 0 Å². The first-order valence-electron chi connectivity index (χ1n) is 21.2. The second kappa shape index (κ2) is 17.6. The van der Waals surface area contributed by atoms with Gasteiger partial charge in [-0.1, -0.05) is 78.6 Å². The van der Waals surface area contributed by atoms with Gasteiger partial charge in [0.1, 0.15) is 0 Å². The standard InChI is InChI=1S/C29H25N2O.C24H26GeNO.Ir/c1-19-16-27(30-18-22(19)17-20-8-5-6-9-20)25-13-7-12-23-24-14-15-26(21-10-3-2-4-11-21)31-29(24)32-28(23)25;1-16(2)13-17-14-22(26-15-21(17)25(3,4)5)20-11-8-10-19-18-9-6-7-12-23(18)27-24(19)20;/h2-4,7,10-12,14-16,18,20H,5-6,8-9,17H2,1H3;6-10,12,14-16H,13H2,1-5H3;/q2*-1;. The summed E-state index contributed by atoms with van der Waals surface area (Å²) in [5.41, 5.74) is 13.1. The van der Waals surface area contributed by atoms with E-state index in [1.54, 1.807) is 0 Å². The molecule has 60 heavy (non-hydrogen) atoms. The van der Waals surface area contributed by atoms with E-state index in [0.717, 1.165) is 90.8 Å². The van der Waals surface area contributed by atoms with E-state index in [2.05, 4.69) is 123 Å². The number of para-hydroxylation sites is 1. The molecule has 0 spiro atoms. The molecule has 0 N–H and O–H groups in total. The van der Waals surface area contributed by atoms with Gasteiger partial charge < -0.3 is 9.40 Å². The average Bonchev–Trinajstić information content (AvgIpc) is 3.99. The number of aryl methyl sites for hydroxylation is 1. The molecule has 9 aromatic rings. The van der Waals surface area contributed by atoms with Gasteiger partial charge in [-0.3, -0.25) is 0 Å². The van der Waals surface area contributed by atoms with Gasteiger partial charge in [0.2, 0.25) is 5.71 Å². The minimum absolute atomic E-state index is 0. The third kappa shape index (κ3) is 8.52. The van der Waals surface area contributed by atoms with E-state index in [0.29, 0.717) is 11.6 Å². The number of pyridine rings is 3. The number of aromatic nitrogens is 3. The van der Waals surface area contributed by atoms with Gasteiger partial charge in [0.05, 0.1) is 11.3 Å². The van der Waals surface area contributed by atoms with E-state index in [9.17, 15) is 0 Å². The predicted octanol–water partition coefficient (Wildman–Crippen LogP) is 13.7. The van der Waals surface area contributed by atoms with E-state index >= 15 is 0 Å². The Morgan fingerprint density at radius 1 is 0.683 bits per heavy atom. The van der Waals surface area contributed by atoms with Crippen molar-refractivity contribution in [2.24, 2.45) is 11.8 Å². The van der Waals surface area contributed by atoms with E-state index in [1.165, 1.54) is 46.8 Å². The van der Waals surface area contributed by atoms with E-state index in [1.807, 2.05) is 42.5 Å². The Hall–Kier alpha value is -4.88. The number of nitrogens with zero attached hydrogens (tertiary/aromatic N) is 3. The third-order valence-electron chi connectivity index (χ3n) is 11.8. The predicted molar refractivity (Wildman–Crippen MR) is 247 cm³/mol. The van der Waals surface area contributed by atoms with Crippen LogP contribution in [-0.4, -0.2) is 28.2 Å². The molecule has 1 fully saturated rings. The van der Waals surface area contributed by atoms with E-state index in [4.69, 9.17) is 23.8 Å². The maximum Gasteiger partial charge on any atom is 0.216 e.